The summed E-state index contributed by atoms with van der Waals surface area (Å²) in [6, 6.07) is 5.93. The molecule has 0 radical (unpaired) electrons. The lowest BCUT2D eigenvalue weighted by Gasteiger charge is -2.04. The Hall–Kier alpha value is 0.0800. The lowest BCUT2D eigenvalue weighted by Crippen LogP contribution is -1.91. The molecule has 2 aromatic rings. The fourth-order valence-corrected chi connectivity index (χ4v) is 2.32. The van der Waals surface area contributed by atoms with Crippen molar-refractivity contribution in [3.05, 3.63) is 31.4 Å². The van der Waals surface area contributed by atoms with E-state index in [0.29, 0.717) is 11.0 Å². The van der Waals surface area contributed by atoms with Crippen LogP contribution in [0.15, 0.2) is 22.7 Å². The SMILES string of the molecule is Clc1nsnc1Nc1ccc(I)c(Br)c1. The highest BCUT2D eigenvalue weighted by Gasteiger charge is 2.06. The fraction of sp³-hybridized carbons (Fsp3) is 0. The van der Waals surface area contributed by atoms with Gasteiger partial charge in [0.1, 0.15) is 0 Å². The average Bonchev–Trinajstić information content (AvgIpc) is 2.59. The Balaban J connectivity index is 2.25. The van der Waals surface area contributed by atoms with Crippen molar-refractivity contribution in [2.24, 2.45) is 0 Å². The number of nitrogens with one attached hydrogen (secondary N) is 1. The van der Waals surface area contributed by atoms with Crippen molar-refractivity contribution < 1.29 is 0 Å². The Bertz CT molecular complexity index is 490. The molecule has 1 aromatic carbocycles. The highest BCUT2D eigenvalue weighted by Crippen LogP contribution is 2.27. The Labute approximate surface area is 118 Å². The maximum Gasteiger partial charge on any atom is 0.187 e. The Morgan fingerprint density at radius 2 is 2.20 bits per heavy atom. The van der Waals surface area contributed by atoms with Gasteiger partial charge in [-0.15, -0.1) is 0 Å². The van der Waals surface area contributed by atoms with Gasteiger partial charge in [-0.3, -0.25) is 0 Å². The molecule has 2 rings (SSSR count). The molecule has 1 heterocycles. The molecule has 7 heteroatoms. The Kier molecular flexibility index (Phi) is 3.81. The van der Waals surface area contributed by atoms with Crippen LogP contribution in [-0.2, 0) is 0 Å². The standard InChI is InChI=1S/C8H4BrClIN3S/c9-5-3-4(1-2-6(5)11)12-8-7(10)13-15-14-8/h1-3H,(H,12,14). The number of aromatic nitrogens is 2. The van der Waals surface area contributed by atoms with Crippen molar-refractivity contribution in [3.63, 3.8) is 0 Å². The van der Waals surface area contributed by atoms with E-state index < -0.39 is 0 Å². The molecule has 0 amide bonds. The first kappa shape index (κ1) is 11.6. The normalized spacial score (nSPS) is 10.3. The van der Waals surface area contributed by atoms with Gasteiger partial charge in [-0.1, -0.05) is 11.6 Å². The van der Waals surface area contributed by atoms with E-state index in [-0.39, 0.29) is 0 Å². The summed E-state index contributed by atoms with van der Waals surface area (Å²) in [5, 5.41) is 3.49. The largest absolute Gasteiger partial charge is 0.337 e. The number of halogens is 3. The molecule has 0 aliphatic rings. The lowest BCUT2D eigenvalue weighted by molar-refractivity contribution is 1.44. The zero-order valence-electron chi connectivity index (χ0n) is 7.17. The van der Waals surface area contributed by atoms with Crippen molar-refractivity contribution in [2.75, 3.05) is 5.32 Å². The van der Waals surface area contributed by atoms with Crippen molar-refractivity contribution in [1.29, 1.82) is 0 Å². The maximum absolute atomic E-state index is 5.82. The van der Waals surface area contributed by atoms with Crippen LogP contribution in [0.3, 0.4) is 0 Å². The third-order valence-electron chi connectivity index (χ3n) is 1.63. The predicted molar refractivity (Wildman–Crippen MR) is 75.1 cm³/mol. The van der Waals surface area contributed by atoms with Crippen LogP contribution in [0, 0.1) is 3.57 Å². The number of nitrogens with zero attached hydrogens (tertiary/aromatic N) is 2. The first-order valence-corrected chi connectivity index (χ1v) is 6.85. The maximum atomic E-state index is 5.82. The second kappa shape index (κ2) is 4.94. The van der Waals surface area contributed by atoms with E-state index in [9.17, 15) is 0 Å². The minimum absolute atomic E-state index is 0.398. The van der Waals surface area contributed by atoms with Gasteiger partial charge in [0.05, 0.1) is 11.7 Å². The summed E-state index contributed by atoms with van der Waals surface area (Å²) in [5.41, 5.74) is 0.928. The molecule has 0 bridgehead atoms. The van der Waals surface area contributed by atoms with Crippen molar-refractivity contribution in [2.45, 2.75) is 0 Å². The molecule has 0 aliphatic heterocycles. The smallest absolute Gasteiger partial charge is 0.187 e. The van der Waals surface area contributed by atoms with Gasteiger partial charge in [-0.05, 0) is 56.7 Å². The van der Waals surface area contributed by atoms with Gasteiger partial charge in [0.2, 0.25) is 0 Å². The van der Waals surface area contributed by atoms with Gasteiger partial charge in [-0.2, -0.15) is 8.75 Å². The Morgan fingerprint density at radius 1 is 1.40 bits per heavy atom. The number of benzene rings is 1. The lowest BCUT2D eigenvalue weighted by atomic mass is 10.3. The van der Waals surface area contributed by atoms with Gasteiger partial charge in [0.15, 0.2) is 11.0 Å². The fourth-order valence-electron chi connectivity index (χ4n) is 0.963. The van der Waals surface area contributed by atoms with Crippen LogP contribution < -0.4 is 5.32 Å². The molecule has 0 atom stereocenters. The molecular formula is C8H4BrClIN3S. The first-order chi connectivity index (χ1) is 7.16. The molecule has 0 fully saturated rings. The van der Waals surface area contributed by atoms with Crippen molar-refractivity contribution in [1.82, 2.24) is 8.75 Å². The molecule has 3 nitrogen and oxygen atoms in total. The van der Waals surface area contributed by atoms with Crippen molar-refractivity contribution in [3.8, 4) is 0 Å². The molecule has 1 N–H and O–H groups in total. The van der Waals surface area contributed by atoms with E-state index in [1.54, 1.807) is 0 Å². The van der Waals surface area contributed by atoms with Crippen LogP contribution in [0.5, 0.6) is 0 Å². The van der Waals surface area contributed by atoms with Crippen molar-refractivity contribution >= 4 is 73.4 Å². The first-order valence-electron chi connectivity index (χ1n) is 3.87. The van der Waals surface area contributed by atoms with Gasteiger partial charge in [0, 0.05) is 13.7 Å². The van der Waals surface area contributed by atoms with E-state index in [4.69, 9.17) is 11.6 Å². The monoisotopic (exact) mass is 415 g/mol. The van der Waals surface area contributed by atoms with Crippen LogP contribution in [0.25, 0.3) is 0 Å². The van der Waals surface area contributed by atoms with Gasteiger partial charge >= 0.3 is 0 Å². The minimum Gasteiger partial charge on any atom is -0.337 e. The van der Waals surface area contributed by atoms with Crippen LogP contribution >= 0.6 is 61.8 Å². The molecule has 0 saturated heterocycles. The summed E-state index contributed by atoms with van der Waals surface area (Å²) >= 11 is 12.6. The molecule has 15 heavy (non-hydrogen) atoms. The average molecular weight is 416 g/mol. The summed E-state index contributed by atoms with van der Waals surface area (Å²) in [5.74, 6) is 0.592. The molecular weight excluding hydrogens is 412 g/mol. The van der Waals surface area contributed by atoms with Gasteiger partial charge in [-0.25, -0.2) is 0 Å². The second-order valence-electron chi connectivity index (χ2n) is 2.66. The molecule has 78 valence electrons. The summed E-state index contributed by atoms with van der Waals surface area (Å²) in [6.45, 7) is 0. The minimum atomic E-state index is 0.398. The van der Waals surface area contributed by atoms with E-state index in [0.717, 1.165) is 25.5 Å². The number of anilines is 2. The van der Waals surface area contributed by atoms with E-state index in [1.807, 2.05) is 18.2 Å². The number of hydrogen-bond donors (Lipinski definition) is 1. The Morgan fingerprint density at radius 3 is 2.80 bits per heavy atom. The number of hydrogen-bond acceptors (Lipinski definition) is 4. The van der Waals surface area contributed by atoms with Crippen LogP contribution in [0.4, 0.5) is 11.5 Å². The molecule has 1 aromatic heterocycles. The third kappa shape index (κ3) is 2.80. The highest BCUT2D eigenvalue weighted by atomic mass is 127. The van der Waals surface area contributed by atoms with Crippen LogP contribution in [0.1, 0.15) is 0 Å². The quantitative estimate of drug-likeness (QED) is 0.742. The molecule has 0 aliphatic carbocycles. The van der Waals surface area contributed by atoms with Crippen LogP contribution in [0.2, 0.25) is 5.15 Å². The van der Waals surface area contributed by atoms with E-state index in [2.05, 4.69) is 52.6 Å². The van der Waals surface area contributed by atoms with Gasteiger partial charge < -0.3 is 5.32 Å². The van der Waals surface area contributed by atoms with Crippen LogP contribution in [-0.4, -0.2) is 8.75 Å². The third-order valence-corrected chi connectivity index (χ3v) is 4.86. The van der Waals surface area contributed by atoms with Gasteiger partial charge in [0.25, 0.3) is 0 Å². The topological polar surface area (TPSA) is 37.8 Å². The summed E-state index contributed by atoms with van der Waals surface area (Å²) in [7, 11) is 0. The van der Waals surface area contributed by atoms with E-state index in [1.165, 1.54) is 0 Å². The molecule has 0 unspecified atom stereocenters. The molecule has 0 saturated carbocycles. The zero-order chi connectivity index (χ0) is 10.8. The number of rotatable bonds is 2. The molecule has 0 spiro atoms. The zero-order valence-corrected chi connectivity index (χ0v) is 12.5. The summed E-state index contributed by atoms with van der Waals surface area (Å²) < 4.78 is 10.1. The predicted octanol–water partition coefficient (Wildman–Crippen LogP) is 4.30. The van der Waals surface area contributed by atoms with E-state index >= 15 is 0 Å². The highest BCUT2D eigenvalue weighted by molar-refractivity contribution is 14.1. The second-order valence-corrected chi connectivity index (χ2v) is 5.56. The summed E-state index contributed by atoms with van der Waals surface area (Å²) in [4.78, 5) is 0. The summed E-state index contributed by atoms with van der Waals surface area (Å²) in [6.07, 6.45) is 0.